The third-order valence-corrected chi connectivity index (χ3v) is 4.69. The Morgan fingerprint density at radius 3 is 2.93 bits per heavy atom. The molecule has 0 aromatic rings. The number of rotatable bonds is 1. The van der Waals surface area contributed by atoms with E-state index in [0.717, 1.165) is 23.6 Å². The van der Waals surface area contributed by atoms with E-state index in [2.05, 4.69) is 0 Å². The molecule has 1 N–H and O–H groups in total. The molecule has 3 nitrogen and oxygen atoms in total. The second-order valence-electron chi connectivity index (χ2n) is 4.16. The molecule has 2 aliphatic rings. The van der Waals surface area contributed by atoms with Crippen molar-refractivity contribution in [3.05, 3.63) is 0 Å². The van der Waals surface area contributed by atoms with Gasteiger partial charge in [-0.05, 0) is 19.3 Å². The van der Waals surface area contributed by atoms with Crippen LogP contribution in [0.25, 0.3) is 0 Å². The van der Waals surface area contributed by atoms with E-state index in [1.165, 1.54) is 6.42 Å². The van der Waals surface area contributed by atoms with Crippen LogP contribution in [-0.2, 0) is 0 Å². The number of thioether (sulfide) groups is 1. The molecule has 0 amide bonds. The Kier molecular flexibility index (Phi) is 2.76. The molecule has 0 aromatic carbocycles. The Hall–Kier alpha value is 0.160. The molecule has 1 saturated heterocycles. The van der Waals surface area contributed by atoms with Crippen molar-refractivity contribution in [3.63, 3.8) is 0 Å². The van der Waals surface area contributed by atoms with Gasteiger partial charge in [0.1, 0.15) is 0 Å². The summed E-state index contributed by atoms with van der Waals surface area (Å²) in [5.41, 5.74) is -0.719. The van der Waals surface area contributed by atoms with Gasteiger partial charge < -0.3 is 5.11 Å². The minimum absolute atomic E-state index is 0.270. The molecule has 0 radical (unpaired) electrons. The molecule has 1 aliphatic carbocycles. The van der Waals surface area contributed by atoms with Gasteiger partial charge in [-0.25, -0.2) is 5.01 Å². The number of fused-ring (bicyclic) bond motifs is 1. The lowest BCUT2D eigenvalue weighted by molar-refractivity contribution is -0.155. The van der Waals surface area contributed by atoms with Crippen molar-refractivity contribution >= 4 is 28.3 Å². The maximum Gasteiger partial charge on any atom is 0.165 e. The second kappa shape index (κ2) is 3.63. The summed E-state index contributed by atoms with van der Waals surface area (Å²) in [5.74, 6) is 0. The largest absolute Gasteiger partial charge is 0.368 e. The van der Waals surface area contributed by atoms with Gasteiger partial charge in [0, 0.05) is 14.1 Å². The Balaban J connectivity index is 2.27. The van der Waals surface area contributed by atoms with Gasteiger partial charge in [0.15, 0.2) is 10.0 Å². The first-order valence-electron chi connectivity index (χ1n) is 4.96. The Labute approximate surface area is 94.4 Å². The number of thiocarbonyl (C=S) groups is 1. The highest BCUT2D eigenvalue weighted by molar-refractivity contribution is 8.23. The van der Waals surface area contributed by atoms with E-state index in [0.29, 0.717) is 0 Å². The highest BCUT2D eigenvalue weighted by Gasteiger charge is 2.52. The molecule has 0 aromatic heterocycles. The first-order chi connectivity index (χ1) is 6.55. The van der Waals surface area contributed by atoms with Crippen molar-refractivity contribution < 1.29 is 5.11 Å². The number of hydrogen-bond donors (Lipinski definition) is 1. The molecule has 0 spiro atoms. The lowest BCUT2D eigenvalue weighted by Gasteiger charge is -2.42. The van der Waals surface area contributed by atoms with Crippen LogP contribution in [0.1, 0.15) is 25.7 Å². The molecule has 5 heteroatoms. The molecule has 0 bridgehead atoms. The topological polar surface area (TPSA) is 26.7 Å². The van der Waals surface area contributed by atoms with E-state index < -0.39 is 5.72 Å². The molecule has 2 rings (SSSR count). The van der Waals surface area contributed by atoms with Crippen LogP contribution in [0.3, 0.4) is 0 Å². The summed E-state index contributed by atoms with van der Waals surface area (Å²) in [6, 6.07) is 0. The molecule has 80 valence electrons. The fraction of sp³-hybridized carbons (Fsp3) is 0.889. The zero-order chi connectivity index (χ0) is 10.3. The minimum atomic E-state index is -0.719. The standard InChI is InChI=1S/C9H16N2OS2/c1-10(2)11-8(13)14-7-5-3-4-6-9(7,11)12/h7,12H,3-6H2,1-2H3/t7-,9-/m0/s1. The van der Waals surface area contributed by atoms with Crippen LogP contribution >= 0.6 is 24.0 Å². The lowest BCUT2D eigenvalue weighted by Crippen LogP contribution is -2.57. The van der Waals surface area contributed by atoms with Crippen LogP contribution in [0.5, 0.6) is 0 Å². The van der Waals surface area contributed by atoms with Crippen LogP contribution in [0.2, 0.25) is 0 Å². The molecule has 1 aliphatic heterocycles. The summed E-state index contributed by atoms with van der Waals surface area (Å²) in [6.45, 7) is 0. The van der Waals surface area contributed by atoms with Gasteiger partial charge in [-0.15, -0.1) is 0 Å². The van der Waals surface area contributed by atoms with Gasteiger partial charge in [-0.2, -0.15) is 0 Å². The third kappa shape index (κ3) is 1.46. The third-order valence-electron chi connectivity index (χ3n) is 2.96. The van der Waals surface area contributed by atoms with E-state index >= 15 is 0 Å². The summed E-state index contributed by atoms with van der Waals surface area (Å²) in [7, 11) is 3.86. The summed E-state index contributed by atoms with van der Waals surface area (Å²) in [5, 5.41) is 14.6. The smallest absolute Gasteiger partial charge is 0.165 e. The van der Waals surface area contributed by atoms with Crippen LogP contribution in [0, 0.1) is 0 Å². The van der Waals surface area contributed by atoms with Crippen LogP contribution in [0.15, 0.2) is 0 Å². The molecule has 2 fully saturated rings. The maximum absolute atomic E-state index is 10.6. The summed E-state index contributed by atoms with van der Waals surface area (Å²) in [6.07, 6.45) is 4.22. The zero-order valence-corrected chi connectivity index (χ0v) is 10.2. The number of aliphatic hydroxyl groups is 1. The lowest BCUT2D eigenvalue weighted by atomic mass is 9.91. The molecule has 14 heavy (non-hydrogen) atoms. The van der Waals surface area contributed by atoms with Gasteiger partial charge in [0.2, 0.25) is 0 Å². The van der Waals surface area contributed by atoms with Gasteiger partial charge >= 0.3 is 0 Å². The summed E-state index contributed by atoms with van der Waals surface area (Å²) < 4.78 is 0.810. The van der Waals surface area contributed by atoms with Crippen molar-refractivity contribution in [3.8, 4) is 0 Å². The first kappa shape index (κ1) is 10.7. The van der Waals surface area contributed by atoms with Crippen molar-refractivity contribution in [1.82, 2.24) is 10.0 Å². The molecule has 1 saturated carbocycles. The van der Waals surface area contributed by atoms with Crippen LogP contribution in [0.4, 0.5) is 0 Å². The number of hydrazine groups is 1. The average molecular weight is 232 g/mol. The quantitative estimate of drug-likeness (QED) is 0.690. The Morgan fingerprint density at radius 2 is 2.29 bits per heavy atom. The van der Waals surface area contributed by atoms with E-state index in [1.54, 1.807) is 11.8 Å². The molecule has 1 heterocycles. The highest BCUT2D eigenvalue weighted by atomic mass is 32.2. The van der Waals surface area contributed by atoms with E-state index in [-0.39, 0.29) is 5.25 Å². The van der Waals surface area contributed by atoms with Gasteiger partial charge in [0.05, 0.1) is 5.25 Å². The Bertz CT molecular complexity index is 259. The van der Waals surface area contributed by atoms with E-state index in [9.17, 15) is 5.11 Å². The number of hydrogen-bond acceptors (Lipinski definition) is 4. The SMILES string of the molecule is CN(C)N1C(=S)S[C@H]2CCCC[C@]21O. The normalized spacial score (nSPS) is 37.9. The molecular formula is C9H16N2OS2. The molecule has 0 unspecified atom stereocenters. The van der Waals surface area contributed by atoms with Gasteiger partial charge in [-0.3, -0.25) is 5.01 Å². The van der Waals surface area contributed by atoms with Crippen molar-refractivity contribution in [2.24, 2.45) is 0 Å². The van der Waals surface area contributed by atoms with Crippen molar-refractivity contribution in [2.45, 2.75) is 36.7 Å². The second-order valence-corrected chi connectivity index (χ2v) is 5.99. The fourth-order valence-electron chi connectivity index (χ4n) is 2.34. The summed E-state index contributed by atoms with van der Waals surface area (Å²) >= 11 is 6.94. The van der Waals surface area contributed by atoms with E-state index in [4.69, 9.17) is 12.2 Å². The molecule has 2 atom stereocenters. The molecular weight excluding hydrogens is 216 g/mol. The predicted octanol–water partition coefficient (Wildman–Crippen LogP) is 1.43. The number of nitrogens with zero attached hydrogens (tertiary/aromatic N) is 2. The fourth-order valence-corrected chi connectivity index (χ4v) is 4.37. The monoisotopic (exact) mass is 232 g/mol. The summed E-state index contributed by atoms with van der Waals surface area (Å²) in [4.78, 5) is 0. The Morgan fingerprint density at radius 1 is 1.57 bits per heavy atom. The first-order valence-corrected chi connectivity index (χ1v) is 6.25. The highest BCUT2D eigenvalue weighted by Crippen LogP contribution is 2.46. The van der Waals surface area contributed by atoms with Crippen LogP contribution in [-0.4, -0.2) is 44.5 Å². The maximum atomic E-state index is 10.6. The van der Waals surface area contributed by atoms with Gasteiger partial charge in [0.25, 0.3) is 0 Å². The van der Waals surface area contributed by atoms with Crippen molar-refractivity contribution in [2.75, 3.05) is 14.1 Å². The van der Waals surface area contributed by atoms with E-state index in [1.807, 2.05) is 24.1 Å². The van der Waals surface area contributed by atoms with Crippen molar-refractivity contribution in [1.29, 1.82) is 0 Å². The average Bonchev–Trinajstić information content (AvgIpc) is 2.34. The minimum Gasteiger partial charge on any atom is -0.368 e. The van der Waals surface area contributed by atoms with Crippen LogP contribution < -0.4 is 0 Å². The van der Waals surface area contributed by atoms with Gasteiger partial charge in [-0.1, -0.05) is 30.4 Å². The predicted molar refractivity (Wildman–Crippen MR) is 62.9 cm³/mol. The zero-order valence-electron chi connectivity index (χ0n) is 8.56.